The number of hydrogen-bond donors (Lipinski definition) is 0. The molecule has 3 nitrogen and oxygen atoms in total. The lowest BCUT2D eigenvalue weighted by molar-refractivity contribution is 0.986. The van der Waals surface area contributed by atoms with E-state index in [1.807, 2.05) is 12.4 Å². The molecule has 0 bridgehead atoms. The molecule has 9 aromatic rings. The van der Waals surface area contributed by atoms with Gasteiger partial charge in [0, 0.05) is 40.0 Å². The summed E-state index contributed by atoms with van der Waals surface area (Å²) in [6.45, 7) is 0. The van der Waals surface area contributed by atoms with Crippen LogP contribution in [0.15, 0.2) is 182 Å². The number of pyridine rings is 1. The second-order valence-electron chi connectivity index (χ2n) is 14.0. The minimum atomic E-state index is 0.694. The minimum Gasteiger partial charge on any atom is -0.263 e. The highest BCUT2D eigenvalue weighted by Gasteiger charge is 2.14. The van der Waals surface area contributed by atoms with Crippen LogP contribution >= 0.6 is 0 Å². The Bertz CT molecular complexity index is 2700. The third-order valence-electron chi connectivity index (χ3n) is 10.7. The van der Waals surface area contributed by atoms with Crippen LogP contribution in [-0.2, 0) is 6.42 Å². The van der Waals surface area contributed by atoms with Gasteiger partial charge in [0.25, 0.3) is 0 Å². The highest BCUT2D eigenvalue weighted by atomic mass is 14.9. The SMILES string of the molecule is C1=Cc2cc(-c3ccc(-c4cc(-c5ccc(-c6cncc7ccccc67)cc5)nc(-c5ccc(-c6cccc7ccccc67)cc5)n4)cc3)ccc2CC1. The van der Waals surface area contributed by atoms with Crippen LogP contribution in [0.3, 0.4) is 0 Å². The summed E-state index contributed by atoms with van der Waals surface area (Å²) in [4.78, 5) is 14.9. The second kappa shape index (κ2) is 13.5. The molecule has 0 atom stereocenters. The quantitative estimate of drug-likeness (QED) is 0.174. The van der Waals surface area contributed by atoms with Crippen molar-refractivity contribution in [3.8, 4) is 67.3 Å². The van der Waals surface area contributed by atoms with E-state index in [-0.39, 0.29) is 0 Å². The molecule has 54 heavy (non-hydrogen) atoms. The topological polar surface area (TPSA) is 38.7 Å². The van der Waals surface area contributed by atoms with Gasteiger partial charge in [-0.15, -0.1) is 0 Å². The van der Waals surface area contributed by atoms with Crippen molar-refractivity contribution in [1.29, 1.82) is 0 Å². The van der Waals surface area contributed by atoms with E-state index in [1.54, 1.807) is 0 Å². The van der Waals surface area contributed by atoms with Crippen LogP contribution in [0.5, 0.6) is 0 Å². The zero-order valence-electron chi connectivity index (χ0n) is 29.7. The molecule has 0 aliphatic heterocycles. The van der Waals surface area contributed by atoms with Gasteiger partial charge in [-0.1, -0.05) is 164 Å². The van der Waals surface area contributed by atoms with E-state index >= 15 is 0 Å². The number of aromatic nitrogens is 3. The van der Waals surface area contributed by atoms with Gasteiger partial charge in [0.15, 0.2) is 5.82 Å². The molecule has 0 amide bonds. The van der Waals surface area contributed by atoms with Crippen LogP contribution in [0.25, 0.3) is 94.9 Å². The molecule has 0 unspecified atom stereocenters. The van der Waals surface area contributed by atoms with Crippen LogP contribution in [-0.4, -0.2) is 15.0 Å². The van der Waals surface area contributed by atoms with Gasteiger partial charge in [-0.05, 0) is 80.1 Å². The molecule has 3 heteroatoms. The molecule has 0 saturated heterocycles. The van der Waals surface area contributed by atoms with E-state index in [0.717, 1.165) is 57.4 Å². The zero-order valence-corrected chi connectivity index (χ0v) is 29.7. The summed E-state index contributed by atoms with van der Waals surface area (Å²) in [7, 11) is 0. The van der Waals surface area contributed by atoms with Crippen molar-refractivity contribution in [1.82, 2.24) is 15.0 Å². The van der Waals surface area contributed by atoms with E-state index in [0.29, 0.717) is 5.82 Å². The summed E-state index contributed by atoms with van der Waals surface area (Å²) in [5.41, 5.74) is 14.6. The molecular formula is C51H35N3. The molecule has 1 aliphatic rings. The highest BCUT2D eigenvalue weighted by molar-refractivity contribution is 5.97. The van der Waals surface area contributed by atoms with Gasteiger partial charge in [0.2, 0.25) is 0 Å². The molecule has 0 spiro atoms. The van der Waals surface area contributed by atoms with Crippen LogP contribution in [0.2, 0.25) is 0 Å². The fourth-order valence-corrected chi connectivity index (χ4v) is 7.76. The molecule has 0 saturated carbocycles. The first kappa shape index (κ1) is 31.7. The predicted molar refractivity (Wildman–Crippen MR) is 225 cm³/mol. The first-order chi connectivity index (χ1) is 26.7. The molecule has 2 heterocycles. The van der Waals surface area contributed by atoms with Crippen LogP contribution < -0.4 is 0 Å². The summed E-state index contributed by atoms with van der Waals surface area (Å²) in [6.07, 6.45) is 10.6. The predicted octanol–water partition coefficient (Wildman–Crippen LogP) is 13.1. The molecule has 0 radical (unpaired) electrons. The summed E-state index contributed by atoms with van der Waals surface area (Å²) in [6, 6.07) is 58.4. The fourth-order valence-electron chi connectivity index (χ4n) is 7.76. The summed E-state index contributed by atoms with van der Waals surface area (Å²) in [5, 5.41) is 4.79. The summed E-state index contributed by atoms with van der Waals surface area (Å²) < 4.78 is 0. The molecule has 0 N–H and O–H groups in total. The number of fused-ring (bicyclic) bond motifs is 3. The number of benzene rings is 7. The lowest BCUT2D eigenvalue weighted by Crippen LogP contribution is -1.96. The van der Waals surface area contributed by atoms with E-state index in [9.17, 15) is 0 Å². The monoisotopic (exact) mass is 689 g/mol. The maximum absolute atomic E-state index is 5.18. The Morgan fingerprint density at radius 3 is 1.72 bits per heavy atom. The first-order valence-electron chi connectivity index (χ1n) is 18.6. The normalized spacial score (nSPS) is 12.2. The standard InChI is InChI=1S/C51H35N3/c1-2-10-42-30-43(29-18-34(42)8-1)35-16-23-39(24-17-35)49-31-50(40-25-19-38(20-26-40)48-33-52-32-44-11-4-6-14-47(44)48)54-51(53-49)41-27-21-37(22-28-41)46-15-7-12-36-9-3-5-13-45(36)46/h2-7,9-33H,1,8H2. The van der Waals surface area contributed by atoms with Gasteiger partial charge in [-0.3, -0.25) is 4.98 Å². The molecule has 10 rings (SSSR count). The molecular weight excluding hydrogens is 655 g/mol. The summed E-state index contributed by atoms with van der Waals surface area (Å²) in [5.74, 6) is 0.694. The van der Waals surface area contributed by atoms with E-state index in [1.165, 1.54) is 49.5 Å². The largest absolute Gasteiger partial charge is 0.263 e. The third kappa shape index (κ3) is 5.96. The second-order valence-corrected chi connectivity index (χ2v) is 14.0. The van der Waals surface area contributed by atoms with E-state index in [4.69, 9.17) is 9.97 Å². The van der Waals surface area contributed by atoms with Crippen molar-refractivity contribution >= 4 is 27.6 Å². The average molecular weight is 690 g/mol. The Hall–Kier alpha value is -6.97. The number of nitrogens with zero attached hydrogens (tertiary/aromatic N) is 3. The van der Waals surface area contributed by atoms with Crippen molar-refractivity contribution in [2.24, 2.45) is 0 Å². The van der Waals surface area contributed by atoms with E-state index in [2.05, 4.69) is 181 Å². The van der Waals surface area contributed by atoms with Crippen molar-refractivity contribution in [2.75, 3.05) is 0 Å². The number of aryl methyl sites for hydroxylation is 1. The van der Waals surface area contributed by atoms with Gasteiger partial charge in [-0.25, -0.2) is 9.97 Å². The van der Waals surface area contributed by atoms with E-state index < -0.39 is 0 Å². The maximum Gasteiger partial charge on any atom is 0.160 e. The van der Waals surface area contributed by atoms with Gasteiger partial charge < -0.3 is 0 Å². The molecule has 0 fully saturated rings. The molecule has 7 aromatic carbocycles. The van der Waals surface area contributed by atoms with Crippen molar-refractivity contribution in [2.45, 2.75) is 12.8 Å². The smallest absolute Gasteiger partial charge is 0.160 e. The van der Waals surface area contributed by atoms with Crippen molar-refractivity contribution in [3.63, 3.8) is 0 Å². The van der Waals surface area contributed by atoms with Crippen LogP contribution in [0, 0.1) is 0 Å². The fraction of sp³-hybridized carbons (Fsp3) is 0.0392. The Morgan fingerprint density at radius 1 is 0.407 bits per heavy atom. The van der Waals surface area contributed by atoms with Gasteiger partial charge >= 0.3 is 0 Å². The average Bonchev–Trinajstić information content (AvgIpc) is 3.26. The lowest BCUT2D eigenvalue weighted by atomic mass is 9.93. The molecule has 254 valence electrons. The molecule has 2 aromatic heterocycles. The van der Waals surface area contributed by atoms with Crippen molar-refractivity contribution < 1.29 is 0 Å². The third-order valence-corrected chi connectivity index (χ3v) is 10.7. The minimum absolute atomic E-state index is 0.694. The summed E-state index contributed by atoms with van der Waals surface area (Å²) >= 11 is 0. The van der Waals surface area contributed by atoms with Crippen LogP contribution in [0.1, 0.15) is 17.5 Å². The number of hydrogen-bond acceptors (Lipinski definition) is 3. The Balaban J connectivity index is 1.04. The highest BCUT2D eigenvalue weighted by Crippen LogP contribution is 2.35. The Labute approximate surface area is 315 Å². The lowest BCUT2D eigenvalue weighted by Gasteiger charge is -2.13. The Kier molecular flexibility index (Phi) is 7.96. The van der Waals surface area contributed by atoms with Gasteiger partial charge in [0.05, 0.1) is 11.4 Å². The van der Waals surface area contributed by atoms with Gasteiger partial charge in [-0.2, -0.15) is 0 Å². The van der Waals surface area contributed by atoms with Gasteiger partial charge in [0.1, 0.15) is 0 Å². The number of allylic oxidation sites excluding steroid dienone is 1. The zero-order chi connectivity index (χ0) is 35.8. The maximum atomic E-state index is 5.18. The first-order valence-corrected chi connectivity index (χ1v) is 18.6. The van der Waals surface area contributed by atoms with Crippen LogP contribution in [0.4, 0.5) is 0 Å². The van der Waals surface area contributed by atoms with Crippen molar-refractivity contribution in [3.05, 3.63) is 193 Å². The molecule has 1 aliphatic carbocycles. The number of rotatable bonds is 6. The Morgan fingerprint density at radius 2 is 0.981 bits per heavy atom.